The zero-order valence-electron chi connectivity index (χ0n) is 14.3. The van der Waals surface area contributed by atoms with Crippen molar-refractivity contribution in [1.29, 1.82) is 0 Å². The summed E-state index contributed by atoms with van der Waals surface area (Å²) in [5.41, 5.74) is 2.30. The van der Waals surface area contributed by atoms with Crippen LogP contribution >= 0.6 is 0 Å². The summed E-state index contributed by atoms with van der Waals surface area (Å²) in [6, 6.07) is 8.24. The molecule has 1 amide bonds. The van der Waals surface area contributed by atoms with Gasteiger partial charge in [0, 0.05) is 6.54 Å². The van der Waals surface area contributed by atoms with E-state index in [4.69, 9.17) is 5.11 Å². The maximum Gasteiger partial charge on any atom is 0.356 e. The molecule has 0 spiro atoms. The van der Waals surface area contributed by atoms with Crippen LogP contribution < -0.4 is 0 Å². The van der Waals surface area contributed by atoms with Crippen LogP contribution in [0, 0.1) is 12.8 Å². The van der Waals surface area contributed by atoms with Gasteiger partial charge in [0.1, 0.15) is 5.69 Å². The van der Waals surface area contributed by atoms with Crippen LogP contribution in [0.3, 0.4) is 0 Å². The van der Waals surface area contributed by atoms with Gasteiger partial charge in [-0.2, -0.15) is 0 Å². The van der Waals surface area contributed by atoms with Crippen LogP contribution in [-0.2, 0) is 0 Å². The summed E-state index contributed by atoms with van der Waals surface area (Å²) in [5.74, 6) is -1.02. The Labute approximate surface area is 146 Å². The molecule has 2 aromatic rings. The maximum atomic E-state index is 13.0. The molecule has 0 bridgehead atoms. The quantitative estimate of drug-likeness (QED) is 0.929. The highest BCUT2D eigenvalue weighted by molar-refractivity contribution is 5.93. The molecule has 25 heavy (non-hydrogen) atoms. The van der Waals surface area contributed by atoms with Gasteiger partial charge in [-0.05, 0) is 31.2 Å². The summed E-state index contributed by atoms with van der Waals surface area (Å²) < 4.78 is 0. The molecule has 2 atom stereocenters. The summed E-state index contributed by atoms with van der Waals surface area (Å²) >= 11 is 0. The molecular weight excluding hydrogens is 318 g/mol. The third-order valence-corrected chi connectivity index (χ3v) is 4.70. The Hall–Kier alpha value is -2.76. The zero-order valence-corrected chi connectivity index (χ0v) is 14.3. The Bertz CT molecular complexity index is 772. The van der Waals surface area contributed by atoms with Crippen molar-refractivity contribution >= 4 is 11.9 Å². The topological polar surface area (TPSA) is 83.4 Å². The molecule has 1 fully saturated rings. The highest BCUT2D eigenvalue weighted by Crippen LogP contribution is 2.36. The van der Waals surface area contributed by atoms with E-state index in [2.05, 4.69) is 41.2 Å². The predicted molar refractivity (Wildman–Crippen MR) is 92.3 cm³/mol. The SMILES string of the molecule is Cc1ccc(C2C(C)CCCN2C(=O)c2cnc(C(=O)O)cn2)cc1. The summed E-state index contributed by atoms with van der Waals surface area (Å²) in [6.07, 6.45) is 4.38. The van der Waals surface area contributed by atoms with Crippen molar-refractivity contribution in [3.05, 3.63) is 59.2 Å². The zero-order chi connectivity index (χ0) is 18.0. The van der Waals surface area contributed by atoms with E-state index in [1.54, 1.807) is 0 Å². The molecule has 1 saturated heterocycles. The Kier molecular flexibility index (Phi) is 4.79. The number of hydrogen-bond donors (Lipinski definition) is 1. The minimum absolute atomic E-state index is 0.0113. The number of benzene rings is 1. The van der Waals surface area contributed by atoms with E-state index < -0.39 is 5.97 Å². The Balaban J connectivity index is 1.90. The highest BCUT2D eigenvalue weighted by atomic mass is 16.4. The number of carbonyl (C=O) groups is 2. The van der Waals surface area contributed by atoms with Crippen molar-refractivity contribution in [2.24, 2.45) is 5.92 Å². The smallest absolute Gasteiger partial charge is 0.356 e. The van der Waals surface area contributed by atoms with Gasteiger partial charge < -0.3 is 10.0 Å². The standard InChI is InChI=1S/C19H21N3O3/c1-12-5-7-14(8-6-12)17-13(2)4-3-9-22(17)18(23)15-10-21-16(11-20-15)19(24)25/h5-8,10-11,13,17H,3-4,9H2,1-2H3,(H,24,25). The minimum atomic E-state index is -1.16. The van der Waals surface area contributed by atoms with E-state index in [0.29, 0.717) is 12.5 Å². The second kappa shape index (κ2) is 7.01. The molecule has 1 aliphatic rings. The lowest BCUT2D eigenvalue weighted by Gasteiger charge is -2.40. The van der Waals surface area contributed by atoms with Crippen molar-refractivity contribution in [2.45, 2.75) is 32.7 Å². The monoisotopic (exact) mass is 339 g/mol. The molecule has 2 heterocycles. The average molecular weight is 339 g/mol. The maximum absolute atomic E-state index is 13.0. The van der Waals surface area contributed by atoms with Crippen LogP contribution in [0.1, 0.15) is 57.9 Å². The number of hydrogen-bond acceptors (Lipinski definition) is 4. The molecule has 130 valence electrons. The van der Waals surface area contributed by atoms with E-state index >= 15 is 0 Å². The van der Waals surface area contributed by atoms with Gasteiger partial charge in [-0.15, -0.1) is 0 Å². The van der Waals surface area contributed by atoms with Gasteiger partial charge in [-0.1, -0.05) is 36.8 Å². The number of aromatic carboxylic acids is 1. The van der Waals surface area contributed by atoms with Crippen LogP contribution in [0.25, 0.3) is 0 Å². The summed E-state index contributed by atoms with van der Waals surface area (Å²) in [7, 11) is 0. The first-order valence-corrected chi connectivity index (χ1v) is 8.40. The fraction of sp³-hybridized carbons (Fsp3) is 0.368. The number of rotatable bonds is 3. The van der Waals surface area contributed by atoms with Crippen LogP contribution in [0.5, 0.6) is 0 Å². The Morgan fingerprint density at radius 2 is 1.76 bits per heavy atom. The van der Waals surface area contributed by atoms with Gasteiger partial charge in [0.25, 0.3) is 5.91 Å². The number of piperidine rings is 1. The van der Waals surface area contributed by atoms with E-state index in [1.165, 1.54) is 11.8 Å². The highest BCUT2D eigenvalue weighted by Gasteiger charge is 2.34. The van der Waals surface area contributed by atoms with E-state index in [9.17, 15) is 9.59 Å². The largest absolute Gasteiger partial charge is 0.476 e. The average Bonchev–Trinajstić information content (AvgIpc) is 2.62. The molecule has 3 rings (SSSR count). The first-order valence-electron chi connectivity index (χ1n) is 8.40. The summed E-state index contributed by atoms with van der Waals surface area (Å²) in [6.45, 7) is 4.85. The van der Waals surface area contributed by atoms with Crippen molar-refractivity contribution in [1.82, 2.24) is 14.9 Å². The lowest BCUT2D eigenvalue weighted by atomic mass is 9.85. The summed E-state index contributed by atoms with van der Waals surface area (Å²) in [4.78, 5) is 33.5. The first kappa shape index (κ1) is 17.1. The van der Waals surface area contributed by atoms with Gasteiger partial charge in [-0.25, -0.2) is 14.8 Å². The minimum Gasteiger partial charge on any atom is -0.476 e. The van der Waals surface area contributed by atoms with Gasteiger partial charge in [0.05, 0.1) is 18.4 Å². The van der Waals surface area contributed by atoms with Crippen molar-refractivity contribution < 1.29 is 14.7 Å². The van der Waals surface area contributed by atoms with Crippen LogP contribution in [0.2, 0.25) is 0 Å². The molecular formula is C19H21N3O3. The first-order chi connectivity index (χ1) is 12.0. The lowest BCUT2D eigenvalue weighted by Crippen LogP contribution is -2.42. The molecule has 1 aromatic heterocycles. The van der Waals surface area contributed by atoms with Crippen LogP contribution in [-0.4, -0.2) is 38.4 Å². The predicted octanol–water partition coefficient (Wildman–Crippen LogP) is 3.10. The molecule has 6 heteroatoms. The van der Waals surface area contributed by atoms with Crippen LogP contribution in [0.4, 0.5) is 0 Å². The normalized spacial score (nSPS) is 20.3. The second-order valence-corrected chi connectivity index (χ2v) is 6.57. The number of aryl methyl sites for hydroxylation is 1. The number of carbonyl (C=O) groups excluding carboxylic acids is 1. The molecule has 0 radical (unpaired) electrons. The van der Waals surface area contributed by atoms with Crippen LogP contribution in [0.15, 0.2) is 36.7 Å². The fourth-order valence-electron chi connectivity index (χ4n) is 3.38. The fourth-order valence-corrected chi connectivity index (χ4v) is 3.38. The van der Waals surface area contributed by atoms with Gasteiger partial charge in [-0.3, -0.25) is 4.79 Å². The Morgan fingerprint density at radius 1 is 1.12 bits per heavy atom. The molecule has 1 N–H and O–H groups in total. The molecule has 2 unspecified atom stereocenters. The number of aromatic nitrogens is 2. The van der Waals surface area contributed by atoms with E-state index in [0.717, 1.165) is 24.6 Å². The molecule has 0 saturated carbocycles. The van der Waals surface area contributed by atoms with E-state index in [-0.39, 0.29) is 23.3 Å². The van der Waals surface area contributed by atoms with Crippen molar-refractivity contribution in [3.8, 4) is 0 Å². The molecule has 0 aliphatic carbocycles. The number of carboxylic acid groups (broad SMARTS) is 1. The van der Waals surface area contributed by atoms with Crippen molar-refractivity contribution in [3.63, 3.8) is 0 Å². The number of amides is 1. The molecule has 1 aliphatic heterocycles. The summed E-state index contributed by atoms with van der Waals surface area (Å²) in [5, 5.41) is 8.91. The van der Waals surface area contributed by atoms with Gasteiger partial charge in [0.15, 0.2) is 5.69 Å². The Morgan fingerprint density at radius 3 is 2.36 bits per heavy atom. The lowest BCUT2D eigenvalue weighted by molar-refractivity contribution is 0.0506. The number of likely N-dealkylation sites (tertiary alicyclic amines) is 1. The van der Waals surface area contributed by atoms with E-state index in [1.807, 2.05) is 11.8 Å². The molecule has 1 aromatic carbocycles. The number of nitrogens with zero attached hydrogens (tertiary/aromatic N) is 3. The van der Waals surface area contributed by atoms with Gasteiger partial charge in [0.2, 0.25) is 0 Å². The third-order valence-electron chi connectivity index (χ3n) is 4.70. The molecule has 6 nitrogen and oxygen atoms in total. The second-order valence-electron chi connectivity index (χ2n) is 6.57. The van der Waals surface area contributed by atoms with Crippen molar-refractivity contribution in [2.75, 3.05) is 6.54 Å². The van der Waals surface area contributed by atoms with Gasteiger partial charge >= 0.3 is 5.97 Å². The number of carboxylic acids is 1. The third kappa shape index (κ3) is 3.52.